The third-order valence-corrected chi connectivity index (χ3v) is 5.18. The van der Waals surface area contributed by atoms with E-state index in [9.17, 15) is 14.4 Å². The fourth-order valence-corrected chi connectivity index (χ4v) is 4.17. The SMILES string of the molecule is CCOC(=O)C1=C(N)OC(C)=C(C(=O)OC(C)(C)C)C12C(=O)N(CC)c1ccccc12. The van der Waals surface area contributed by atoms with Crippen molar-refractivity contribution in [3.63, 3.8) is 0 Å². The van der Waals surface area contributed by atoms with Gasteiger partial charge in [0.15, 0.2) is 0 Å². The predicted octanol–water partition coefficient (Wildman–Crippen LogP) is 2.67. The van der Waals surface area contributed by atoms with Crippen molar-refractivity contribution in [3.8, 4) is 0 Å². The van der Waals surface area contributed by atoms with Crippen LogP contribution in [0.1, 0.15) is 47.1 Å². The van der Waals surface area contributed by atoms with Crippen molar-refractivity contribution >= 4 is 23.5 Å². The van der Waals surface area contributed by atoms with Gasteiger partial charge in [0.1, 0.15) is 27.9 Å². The van der Waals surface area contributed by atoms with Gasteiger partial charge in [0, 0.05) is 17.8 Å². The number of carbonyl (C=O) groups is 3. The second kappa shape index (κ2) is 7.76. The second-order valence-electron chi connectivity index (χ2n) is 8.31. The highest BCUT2D eigenvalue weighted by atomic mass is 16.6. The van der Waals surface area contributed by atoms with Crippen molar-refractivity contribution in [2.45, 2.75) is 52.6 Å². The van der Waals surface area contributed by atoms with Crippen molar-refractivity contribution in [3.05, 3.63) is 52.6 Å². The van der Waals surface area contributed by atoms with Crippen LogP contribution in [0.4, 0.5) is 5.69 Å². The number of carbonyl (C=O) groups excluding carboxylic acids is 3. The van der Waals surface area contributed by atoms with Gasteiger partial charge in [-0.2, -0.15) is 0 Å². The van der Waals surface area contributed by atoms with E-state index in [-0.39, 0.29) is 29.4 Å². The summed E-state index contributed by atoms with van der Waals surface area (Å²) in [6.45, 7) is 10.5. The molecule has 8 nitrogen and oxygen atoms in total. The molecular weight excluding hydrogens is 400 g/mol. The number of nitrogens with zero attached hydrogens (tertiary/aromatic N) is 1. The van der Waals surface area contributed by atoms with E-state index in [0.717, 1.165) is 0 Å². The normalized spacial score (nSPS) is 20.7. The highest BCUT2D eigenvalue weighted by molar-refractivity contribution is 6.22. The van der Waals surface area contributed by atoms with Gasteiger partial charge >= 0.3 is 11.9 Å². The summed E-state index contributed by atoms with van der Waals surface area (Å²) in [7, 11) is 0. The monoisotopic (exact) mass is 428 g/mol. The number of para-hydroxylation sites is 1. The summed E-state index contributed by atoms with van der Waals surface area (Å²) in [6.07, 6.45) is 0. The molecule has 0 saturated heterocycles. The second-order valence-corrected chi connectivity index (χ2v) is 8.31. The molecule has 0 fully saturated rings. The van der Waals surface area contributed by atoms with Gasteiger partial charge in [0.25, 0.3) is 0 Å². The van der Waals surface area contributed by atoms with Crippen molar-refractivity contribution < 1.29 is 28.6 Å². The van der Waals surface area contributed by atoms with Gasteiger partial charge in [-0.3, -0.25) is 4.79 Å². The molecule has 0 bridgehead atoms. The topological polar surface area (TPSA) is 108 Å². The quantitative estimate of drug-likeness (QED) is 0.735. The first-order valence-corrected chi connectivity index (χ1v) is 10.2. The minimum Gasteiger partial charge on any atom is -0.462 e. The maximum atomic E-state index is 14.0. The van der Waals surface area contributed by atoms with E-state index in [0.29, 0.717) is 17.8 Å². The van der Waals surface area contributed by atoms with Gasteiger partial charge < -0.3 is 24.8 Å². The lowest BCUT2D eigenvalue weighted by atomic mass is 9.67. The molecular formula is C23H28N2O6. The van der Waals surface area contributed by atoms with Crippen molar-refractivity contribution in [1.29, 1.82) is 0 Å². The number of amides is 1. The Morgan fingerprint density at radius 1 is 1.13 bits per heavy atom. The number of nitrogens with two attached hydrogens (primary N) is 1. The Morgan fingerprint density at radius 3 is 2.35 bits per heavy atom. The molecule has 1 aromatic rings. The molecule has 1 amide bonds. The molecule has 0 aliphatic carbocycles. The van der Waals surface area contributed by atoms with E-state index < -0.39 is 28.9 Å². The van der Waals surface area contributed by atoms with Crippen LogP contribution >= 0.6 is 0 Å². The van der Waals surface area contributed by atoms with Gasteiger partial charge in [-0.05, 0) is 47.6 Å². The minimum absolute atomic E-state index is 0.0590. The molecule has 1 atom stereocenters. The van der Waals surface area contributed by atoms with Crippen molar-refractivity contribution in [2.75, 3.05) is 18.1 Å². The lowest BCUT2D eigenvalue weighted by Gasteiger charge is -2.37. The van der Waals surface area contributed by atoms with Gasteiger partial charge in [-0.25, -0.2) is 9.59 Å². The fraction of sp³-hybridized carbons (Fsp3) is 0.435. The Balaban J connectivity index is 2.40. The Kier molecular flexibility index (Phi) is 5.60. The lowest BCUT2D eigenvalue weighted by Crippen LogP contribution is -2.51. The van der Waals surface area contributed by atoms with Crippen LogP contribution in [0.5, 0.6) is 0 Å². The third kappa shape index (κ3) is 3.36. The van der Waals surface area contributed by atoms with Crippen LogP contribution in [-0.2, 0) is 34.0 Å². The van der Waals surface area contributed by atoms with Crippen molar-refractivity contribution in [2.24, 2.45) is 5.73 Å². The van der Waals surface area contributed by atoms with Crippen LogP contribution in [0.3, 0.4) is 0 Å². The van der Waals surface area contributed by atoms with Gasteiger partial charge in [-0.1, -0.05) is 18.2 Å². The fourth-order valence-electron chi connectivity index (χ4n) is 4.17. The van der Waals surface area contributed by atoms with Gasteiger partial charge in [0.05, 0.1) is 6.61 Å². The highest BCUT2D eigenvalue weighted by Crippen LogP contribution is 2.54. The van der Waals surface area contributed by atoms with Gasteiger partial charge in [0.2, 0.25) is 11.8 Å². The Hall–Kier alpha value is -3.29. The number of ether oxygens (including phenoxy) is 3. The molecule has 3 rings (SSSR count). The molecule has 0 radical (unpaired) electrons. The van der Waals surface area contributed by atoms with Crippen molar-refractivity contribution in [1.82, 2.24) is 0 Å². The Morgan fingerprint density at radius 2 is 1.77 bits per heavy atom. The number of anilines is 1. The molecule has 1 spiro atoms. The third-order valence-electron chi connectivity index (χ3n) is 5.18. The maximum Gasteiger partial charge on any atom is 0.341 e. The number of hydrogen-bond acceptors (Lipinski definition) is 7. The average Bonchev–Trinajstić information content (AvgIpc) is 2.89. The summed E-state index contributed by atoms with van der Waals surface area (Å²) in [5.41, 5.74) is 4.23. The zero-order valence-corrected chi connectivity index (χ0v) is 18.7. The van der Waals surface area contributed by atoms with Crippen LogP contribution in [0, 0.1) is 0 Å². The molecule has 0 saturated carbocycles. The number of benzene rings is 1. The first-order valence-electron chi connectivity index (χ1n) is 10.2. The predicted molar refractivity (Wildman–Crippen MR) is 114 cm³/mol. The number of esters is 2. The smallest absolute Gasteiger partial charge is 0.341 e. The summed E-state index contributed by atoms with van der Waals surface area (Å²) >= 11 is 0. The lowest BCUT2D eigenvalue weighted by molar-refractivity contribution is -0.152. The van der Waals surface area contributed by atoms with Crippen LogP contribution < -0.4 is 10.6 Å². The Bertz CT molecular complexity index is 1020. The first kappa shape index (κ1) is 22.4. The number of rotatable bonds is 4. The summed E-state index contributed by atoms with van der Waals surface area (Å²) in [5.74, 6) is -2.24. The summed E-state index contributed by atoms with van der Waals surface area (Å²) in [4.78, 5) is 42.0. The standard InChI is InChI=1S/C23H28N2O6/c1-7-25-15-12-10-9-11-14(15)23(21(25)28)16(20(27)31-22(4,5)6)13(3)30-18(24)17(23)19(26)29-8-2/h9-12H,7-8,24H2,1-6H3. The molecule has 166 valence electrons. The first-order chi connectivity index (χ1) is 14.5. The largest absolute Gasteiger partial charge is 0.462 e. The summed E-state index contributed by atoms with van der Waals surface area (Å²) in [5, 5.41) is 0. The number of allylic oxidation sites excluding steroid dienone is 1. The molecule has 2 aliphatic heterocycles. The van der Waals surface area contributed by atoms with E-state index >= 15 is 0 Å². The number of likely N-dealkylation sites (N-methyl/N-ethyl adjacent to an activating group) is 1. The van der Waals surface area contributed by atoms with Gasteiger partial charge in [-0.15, -0.1) is 0 Å². The molecule has 2 aliphatic rings. The average molecular weight is 428 g/mol. The van der Waals surface area contributed by atoms with Crippen LogP contribution in [0.15, 0.2) is 47.1 Å². The van der Waals surface area contributed by atoms with Crippen LogP contribution in [0.2, 0.25) is 0 Å². The highest BCUT2D eigenvalue weighted by Gasteiger charge is 2.63. The molecule has 2 N–H and O–H groups in total. The number of fused-ring (bicyclic) bond motifs is 2. The molecule has 0 aromatic heterocycles. The van der Waals surface area contributed by atoms with E-state index in [1.54, 1.807) is 52.0 Å². The van der Waals surface area contributed by atoms with E-state index in [1.165, 1.54) is 11.8 Å². The maximum absolute atomic E-state index is 14.0. The molecule has 1 aromatic carbocycles. The molecule has 8 heteroatoms. The van der Waals surface area contributed by atoms with E-state index in [4.69, 9.17) is 19.9 Å². The summed E-state index contributed by atoms with van der Waals surface area (Å²) in [6, 6.07) is 7.00. The zero-order valence-electron chi connectivity index (χ0n) is 18.7. The zero-order chi connectivity index (χ0) is 23.1. The van der Waals surface area contributed by atoms with E-state index in [1.807, 2.05) is 6.92 Å². The molecule has 1 unspecified atom stereocenters. The molecule has 2 heterocycles. The van der Waals surface area contributed by atoms with Crippen LogP contribution in [0.25, 0.3) is 0 Å². The number of hydrogen-bond donors (Lipinski definition) is 1. The minimum atomic E-state index is -1.83. The van der Waals surface area contributed by atoms with Crippen LogP contribution in [-0.4, -0.2) is 36.6 Å². The van der Waals surface area contributed by atoms with E-state index in [2.05, 4.69) is 0 Å². The Labute approximate surface area is 181 Å². The molecule has 31 heavy (non-hydrogen) atoms. The summed E-state index contributed by atoms with van der Waals surface area (Å²) < 4.78 is 16.5.